The van der Waals surface area contributed by atoms with Crippen molar-refractivity contribution in [2.45, 2.75) is 13.3 Å². The van der Waals surface area contributed by atoms with Crippen LogP contribution in [0.25, 0.3) is 0 Å². The summed E-state index contributed by atoms with van der Waals surface area (Å²) in [5.74, 6) is 0.716. The summed E-state index contributed by atoms with van der Waals surface area (Å²) < 4.78 is 5.73. The molecule has 0 fully saturated rings. The summed E-state index contributed by atoms with van der Waals surface area (Å²) in [5.41, 5.74) is 2.33. The van der Waals surface area contributed by atoms with Crippen LogP contribution in [0.1, 0.15) is 18.2 Å². The minimum atomic E-state index is 0.534. The lowest BCUT2D eigenvalue weighted by atomic mass is 10.1. The van der Waals surface area contributed by atoms with Crippen molar-refractivity contribution in [1.82, 2.24) is 4.98 Å². The highest BCUT2D eigenvalue weighted by Gasteiger charge is 2.06. The van der Waals surface area contributed by atoms with Crippen LogP contribution in [0.5, 0.6) is 5.75 Å². The Kier molecular flexibility index (Phi) is 4.50. The molecule has 1 N–H and O–H groups in total. The van der Waals surface area contributed by atoms with Crippen molar-refractivity contribution in [3.8, 4) is 5.75 Å². The van der Waals surface area contributed by atoms with Gasteiger partial charge in [0, 0.05) is 23.9 Å². The highest BCUT2D eigenvalue weighted by atomic mass is 16.5. The van der Waals surface area contributed by atoms with Crippen LogP contribution in [-0.2, 0) is 6.42 Å². The van der Waals surface area contributed by atoms with Crippen molar-refractivity contribution in [3.63, 3.8) is 0 Å². The summed E-state index contributed by atoms with van der Waals surface area (Å²) in [6, 6.07) is 13.3. The molecule has 0 amide bonds. The molecule has 1 aromatic heterocycles. The third kappa shape index (κ3) is 3.55. The standard InChI is InChI=1S/C15H16N2O2/c1-12(17-18)14-7-2-3-8-15(14)19-11-9-13-6-4-5-10-16-13/h2-8,10,18H,9,11H2,1H3/b17-12+. The van der Waals surface area contributed by atoms with Crippen molar-refractivity contribution in [3.05, 3.63) is 59.9 Å². The fraction of sp³-hybridized carbons (Fsp3) is 0.200. The van der Waals surface area contributed by atoms with Gasteiger partial charge in [0.25, 0.3) is 0 Å². The zero-order valence-corrected chi connectivity index (χ0v) is 10.8. The summed E-state index contributed by atoms with van der Waals surface area (Å²) in [6.07, 6.45) is 2.51. The van der Waals surface area contributed by atoms with E-state index in [-0.39, 0.29) is 0 Å². The average Bonchev–Trinajstić information content (AvgIpc) is 2.48. The maximum absolute atomic E-state index is 8.84. The Morgan fingerprint density at radius 3 is 2.74 bits per heavy atom. The topological polar surface area (TPSA) is 54.7 Å². The molecule has 98 valence electrons. The number of pyridine rings is 1. The number of aromatic nitrogens is 1. The fourth-order valence-electron chi connectivity index (χ4n) is 1.76. The molecule has 0 atom stereocenters. The summed E-state index contributed by atoms with van der Waals surface area (Å²) in [6.45, 7) is 2.27. The van der Waals surface area contributed by atoms with E-state index in [9.17, 15) is 0 Å². The van der Waals surface area contributed by atoms with Gasteiger partial charge in [-0.2, -0.15) is 0 Å². The monoisotopic (exact) mass is 256 g/mol. The van der Waals surface area contributed by atoms with E-state index in [4.69, 9.17) is 9.94 Å². The van der Waals surface area contributed by atoms with Gasteiger partial charge in [-0.05, 0) is 31.2 Å². The summed E-state index contributed by atoms with van der Waals surface area (Å²) in [7, 11) is 0. The molecular formula is C15H16N2O2. The molecule has 0 bridgehead atoms. The Hall–Kier alpha value is -2.36. The predicted octanol–water partition coefficient (Wildman–Crippen LogP) is 2.90. The van der Waals surface area contributed by atoms with E-state index >= 15 is 0 Å². The largest absolute Gasteiger partial charge is 0.492 e. The number of nitrogens with zero attached hydrogens (tertiary/aromatic N) is 2. The second-order valence-electron chi connectivity index (χ2n) is 4.10. The van der Waals surface area contributed by atoms with Gasteiger partial charge in [-0.1, -0.05) is 23.4 Å². The molecule has 0 aliphatic heterocycles. The van der Waals surface area contributed by atoms with Gasteiger partial charge < -0.3 is 9.94 Å². The van der Waals surface area contributed by atoms with Crippen LogP contribution in [0.15, 0.2) is 53.8 Å². The van der Waals surface area contributed by atoms with Crippen molar-refractivity contribution in [2.24, 2.45) is 5.16 Å². The first-order chi connectivity index (χ1) is 9.31. The number of benzene rings is 1. The van der Waals surface area contributed by atoms with Gasteiger partial charge >= 0.3 is 0 Å². The first kappa shape index (κ1) is 13.1. The minimum Gasteiger partial charge on any atom is -0.492 e. The lowest BCUT2D eigenvalue weighted by Gasteiger charge is -2.10. The van der Waals surface area contributed by atoms with E-state index in [1.165, 1.54) is 0 Å². The number of ether oxygens (including phenoxy) is 1. The van der Waals surface area contributed by atoms with Gasteiger partial charge in [0.15, 0.2) is 0 Å². The summed E-state index contributed by atoms with van der Waals surface area (Å²) in [4.78, 5) is 4.24. The van der Waals surface area contributed by atoms with Crippen molar-refractivity contribution in [1.29, 1.82) is 0 Å². The van der Waals surface area contributed by atoms with Crippen LogP contribution in [0.4, 0.5) is 0 Å². The summed E-state index contributed by atoms with van der Waals surface area (Å²) >= 11 is 0. The molecule has 0 saturated carbocycles. The van der Waals surface area contributed by atoms with Crippen LogP contribution in [0.2, 0.25) is 0 Å². The molecule has 0 aliphatic carbocycles. The molecule has 0 aliphatic rings. The minimum absolute atomic E-state index is 0.534. The third-order valence-corrected chi connectivity index (χ3v) is 2.77. The van der Waals surface area contributed by atoms with Gasteiger partial charge in [-0.3, -0.25) is 4.98 Å². The second kappa shape index (κ2) is 6.54. The molecule has 0 unspecified atom stereocenters. The van der Waals surface area contributed by atoms with Crippen LogP contribution in [0.3, 0.4) is 0 Å². The van der Waals surface area contributed by atoms with Crippen LogP contribution >= 0.6 is 0 Å². The van der Waals surface area contributed by atoms with Crippen molar-refractivity contribution >= 4 is 5.71 Å². The van der Waals surface area contributed by atoms with E-state index in [2.05, 4.69) is 10.1 Å². The van der Waals surface area contributed by atoms with E-state index < -0.39 is 0 Å². The van der Waals surface area contributed by atoms with Gasteiger partial charge in [0.05, 0.1) is 12.3 Å². The SMILES string of the molecule is C/C(=N\O)c1ccccc1OCCc1ccccn1. The quantitative estimate of drug-likeness (QED) is 0.508. The molecule has 1 heterocycles. The molecule has 2 aromatic rings. The Morgan fingerprint density at radius 2 is 2.00 bits per heavy atom. The van der Waals surface area contributed by atoms with E-state index in [1.807, 2.05) is 42.5 Å². The van der Waals surface area contributed by atoms with Gasteiger partial charge in [0.1, 0.15) is 5.75 Å². The summed E-state index contributed by atoms with van der Waals surface area (Å²) in [5, 5.41) is 12.0. The number of rotatable bonds is 5. The van der Waals surface area contributed by atoms with E-state index in [1.54, 1.807) is 13.1 Å². The molecule has 19 heavy (non-hydrogen) atoms. The fourth-order valence-corrected chi connectivity index (χ4v) is 1.76. The van der Waals surface area contributed by atoms with E-state index in [0.717, 1.165) is 17.7 Å². The van der Waals surface area contributed by atoms with Crippen LogP contribution < -0.4 is 4.74 Å². The molecule has 4 nitrogen and oxygen atoms in total. The van der Waals surface area contributed by atoms with Gasteiger partial charge in [0.2, 0.25) is 0 Å². The maximum atomic E-state index is 8.84. The normalized spacial score (nSPS) is 11.3. The smallest absolute Gasteiger partial charge is 0.128 e. The molecule has 4 heteroatoms. The molecule has 0 spiro atoms. The number of hydrogen-bond donors (Lipinski definition) is 1. The first-order valence-electron chi connectivity index (χ1n) is 6.12. The third-order valence-electron chi connectivity index (χ3n) is 2.77. The number of oxime groups is 1. The lowest BCUT2D eigenvalue weighted by Crippen LogP contribution is -2.06. The maximum Gasteiger partial charge on any atom is 0.128 e. The highest BCUT2D eigenvalue weighted by molar-refractivity contribution is 6.00. The molecule has 0 radical (unpaired) electrons. The molecular weight excluding hydrogens is 240 g/mol. The lowest BCUT2D eigenvalue weighted by molar-refractivity contribution is 0.313. The zero-order chi connectivity index (χ0) is 13.5. The molecule has 0 saturated heterocycles. The van der Waals surface area contributed by atoms with Crippen LogP contribution in [-0.4, -0.2) is 22.5 Å². The van der Waals surface area contributed by atoms with Crippen LogP contribution in [0, 0.1) is 0 Å². The zero-order valence-electron chi connectivity index (χ0n) is 10.8. The van der Waals surface area contributed by atoms with Gasteiger partial charge in [-0.15, -0.1) is 0 Å². The average molecular weight is 256 g/mol. The Labute approximate surface area is 112 Å². The number of hydrogen-bond acceptors (Lipinski definition) is 4. The Morgan fingerprint density at radius 1 is 1.21 bits per heavy atom. The molecule has 2 rings (SSSR count). The highest BCUT2D eigenvalue weighted by Crippen LogP contribution is 2.19. The Balaban J connectivity index is 2.00. The second-order valence-corrected chi connectivity index (χ2v) is 4.10. The number of para-hydroxylation sites is 1. The van der Waals surface area contributed by atoms with Crippen molar-refractivity contribution < 1.29 is 9.94 Å². The first-order valence-corrected chi connectivity index (χ1v) is 6.12. The van der Waals surface area contributed by atoms with Gasteiger partial charge in [-0.25, -0.2) is 0 Å². The van der Waals surface area contributed by atoms with Crippen molar-refractivity contribution in [2.75, 3.05) is 6.61 Å². The predicted molar refractivity (Wildman–Crippen MR) is 73.9 cm³/mol. The van der Waals surface area contributed by atoms with E-state index in [0.29, 0.717) is 18.1 Å². The molecule has 1 aromatic carbocycles. The Bertz CT molecular complexity index is 553.